The van der Waals surface area contributed by atoms with Crippen molar-refractivity contribution in [1.29, 1.82) is 0 Å². The van der Waals surface area contributed by atoms with Gasteiger partial charge in [-0.3, -0.25) is 4.79 Å². The lowest BCUT2D eigenvalue weighted by molar-refractivity contribution is -0.109. The lowest BCUT2D eigenvalue weighted by atomic mass is 10.1. The predicted molar refractivity (Wildman–Crippen MR) is 121 cm³/mol. The summed E-state index contributed by atoms with van der Waals surface area (Å²) in [4.78, 5) is 13.2. The first-order chi connectivity index (χ1) is 15.7. The van der Waals surface area contributed by atoms with E-state index >= 15 is 0 Å². The van der Waals surface area contributed by atoms with Crippen LogP contribution in [0.2, 0.25) is 0 Å². The lowest BCUT2D eigenvalue weighted by Gasteiger charge is -2.27. The van der Waals surface area contributed by atoms with Crippen LogP contribution in [0.1, 0.15) is 54.4 Å². The number of rotatable bonds is 8. The van der Waals surface area contributed by atoms with Crippen molar-refractivity contribution >= 4 is 11.9 Å². The molecule has 0 N–H and O–H groups in total. The van der Waals surface area contributed by atoms with Crippen LogP contribution in [0.5, 0.6) is 17.2 Å². The fourth-order valence-corrected chi connectivity index (χ4v) is 3.85. The van der Waals surface area contributed by atoms with E-state index in [1.165, 1.54) is 13.2 Å². The number of carbonyl (C=O) groups excluding carboxylic acids is 1. The van der Waals surface area contributed by atoms with Crippen LogP contribution in [0.4, 0.5) is 0 Å². The second-order valence-electron chi connectivity index (χ2n) is 7.93. The third kappa shape index (κ3) is 5.90. The van der Waals surface area contributed by atoms with E-state index in [0.717, 1.165) is 44.1 Å². The molecule has 0 radical (unpaired) electrons. The highest BCUT2D eigenvalue weighted by Gasteiger charge is 2.25. The zero-order valence-corrected chi connectivity index (χ0v) is 18.5. The summed E-state index contributed by atoms with van der Waals surface area (Å²) in [6.07, 6.45) is 8.32. The quantitative estimate of drug-likeness (QED) is 0.406. The standard InChI is InChI=1S/C26H30O6/c1-28-22-17-20(31-24-11-5-7-15-29-24)18-23(32-25-12-6-8-16-30-25)26(22)21(27)14-13-19-9-3-2-4-10-19/h2-4,9-10,13-14,17-18,24-25H,5-8,11-12,15-16H2,1H3/b14-13+. The Labute approximate surface area is 189 Å². The summed E-state index contributed by atoms with van der Waals surface area (Å²) in [6, 6.07) is 13.1. The first kappa shape index (κ1) is 22.4. The van der Waals surface area contributed by atoms with Gasteiger partial charge < -0.3 is 23.7 Å². The van der Waals surface area contributed by atoms with E-state index in [9.17, 15) is 4.79 Å². The molecule has 170 valence electrons. The average Bonchev–Trinajstić information content (AvgIpc) is 2.84. The van der Waals surface area contributed by atoms with Crippen molar-refractivity contribution in [2.45, 2.75) is 51.1 Å². The van der Waals surface area contributed by atoms with Gasteiger partial charge in [-0.25, -0.2) is 0 Å². The zero-order valence-electron chi connectivity index (χ0n) is 18.5. The average molecular weight is 439 g/mol. The van der Waals surface area contributed by atoms with Crippen LogP contribution in [0.25, 0.3) is 6.08 Å². The molecule has 0 spiro atoms. The number of hydrogen-bond acceptors (Lipinski definition) is 6. The summed E-state index contributed by atoms with van der Waals surface area (Å²) in [6.45, 7) is 1.33. The molecule has 2 aromatic rings. The fraction of sp³-hybridized carbons (Fsp3) is 0.423. The molecule has 0 saturated carbocycles. The molecule has 32 heavy (non-hydrogen) atoms. The topological polar surface area (TPSA) is 63.2 Å². The van der Waals surface area contributed by atoms with E-state index in [0.29, 0.717) is 36.0 Å². The maximum atomic E-state index is 13.2. The Morgan fingerprint density at radius 1 is 0.906 bits per heavy atom. The normalized spacial score (nSPS) is 21.3. The lowest BCUT2D eigenvalue weighted by Crippen LogP contribution is -2.26. The molecule has 4 rings (SSSR count). The van der Waals surface area contributed by atoms with E-state index in [-0.39, 0.29) is 12.1 Å². The van der Waals surface area contributed by atoms with Gasteiger partial charge in [-0.2, -0.15) is 0 Å². The summed E-state index contributed by atoms with van der Waals surface area (Å²) in [5.74, 6) is 1.12. The molecule has 2 aromatic carbocycles. The third-order valence-electron chi connectivity index (χ3n) is 5.53. The number of ether oxygens (including phenoxy) is 5. The van der Waals surface area contributed by atoms with Crippen molar-refractivity contribution in [1.82, 2.24) is 0 Å². The Hall–Kier alpha value is -2.83. The third-order valence-corrected chi connectivity index (χ3v) is 5.53. The summed E-state index contributed by atoms with van der Waals surface area (Å²) >= 11 is 0. The maximum absolute atomic E-state index is 13.2. The number of methoxy groups -OCH3 is 1. The molecule has 2 heterocycles. The maximum Gasteiger partial charge on any atom is 0.199 e. The van der Waals surface area contributed by atoms with Crippen molar-refractivity contribution < 1.29 is 28.5 Å². The highest BCUT2D eigenvalue weighted by molar-refractivity contribution is 6.10. The van der Waals surface area contributed by atoms with Crippen LogP contribution in [0.3, 0.4) is 0 Å². The Morgan fingerprint density at radius 2 is 1.56 bits per heavy atom. The summed E-state index contributed by atoms with van der Waals surface area (Å²) in [5, 5.41) is 0. The second kappa shape index (κ2) is 11.2. The van der Waals surface area contributed by atoms with Crippen LogP contribution in [-0.2, 0) is 9.47 Å². The molecule has 0 aliphatic carbocycles. The van der Waals surface area contributed by atoms with Gasteiger partial charge in [-0.1, -0.05) is 36.4 Å². The summed E-state index contributed by atoms with van der Waals surface area (Å²) in [5.41, 5.74) is 1.29. The Morgan fingerprint density at radius 3 is 2.19 bits per heavy atom. The smallest absolute Gasteiger partial charge is 0.199 e. The Kier molecular flexibility index (Phi) is 7.80. The van der Waals surface area contributed by atoms with Crippen LogP contribution in [-0.4, -0.2) is 38.7 Å². The van der Waals surface area contributed by atoms with Gasteiger partial charge in [0, 0.05) is 25.0 Å². The molecule has 2 saturated heterocycles. The number of hydrogen-bond donors (Lipinski definition) is 0. The van der Waals surface area contributed by atoms with Gasteiger partial charge >= 0.3 is 0 Å². The van der Waals surface area contributed by atoms with Gasteiger partial charge in [-0.15, -0.1) is 0 Å². The molecular weight excluding hydrogens is 408 g/mol. The second-order valence-corrected chi connectivity index (χ2v) is 7.93. The monoisotopic (exact) mass is 438 g/mol. The van der Waals surface area contributed by atoms with E-state index in [4.69, 9.17) is 23.7 Å². The molecule has 2 aliphatic rings. The first-order valence-electron chi connectivity index (χ1n) is 11.3. The number of benzene rings is 2. The minimum absolute atomic E-state index is 0.211. The number of allylic oxidation sites excluding steroid dienone is 1. The van der Waals surface area contributed by atoms with Crippen molar-refractivity contribution in [3.05, 3.63) is 59.7 Å². The first-order valence-corrected chi connectivity index (χ1v) is 11.3. The van der Waals surface area contributed by atoms with E-state index in [1.54, 1.807) is 18.2 Å². The minimum Gasteiger partial charge on any atom is -0.496 e. The highest BCUT2D eigenvalue weighted by Crippen LogP contribution is 2.37. The molecule has 6 nitrogen and oxygen atoms in total. The van der Waals surface area contributed by atoms with E-state index in [2.05, 4.69) is 0 Å². The minimum atomic E-state index is -0.403. The Bertz CT molecular complexity index is 911. The van der Waals surface area contributed by atoms with E-state index < -0.39 is 6.29 Å². The highest BCUT2D eigenvalue weighted by atomic mass is 16.7. The van der Waals surface area contributed by atoms with Crippen molar-refractivity contribution in [3.8, 4) is 17.2 Å². The zero-order chi connectivity index (χ0) is 22.2. The largest absolute Gasteiger partial charge is 0.496 e. The molecule has 0 aromatic heterocycles. The molecule has 2 unspecified atom stereocenters. The van der Waals surface area contributed by atoms with Crippen molar-refractivity contribution in [2.24, 2.45) is 0 Å². The molecule has 6 heteroatoms. The molecule has 2 aliphatic heterocycles. The van der Waals surface area contributed by atoms with E-state index in [1.807, 2.05) is 30.3 Å². The molecule has 2 fully saturated rings. The van der Waals surface area contributed by atoms with Gasteiger partial charge in [0.25, 0.3) is 0 Å². The molecule has 0 amide bonds. The number of ketones is 1. The van der Waals surface area contributed by atoms with Gasteiger partial charge in [0.15, 0.2) is 18.4 Å². The molecule has 2 atom stereocenters. The van der Waals surface area contributed by atoms with Crippen molar-refractivity contribution in [3.63, 3.8) is 0 Å². The molecular formula is C26H30O6. The SMILES string of the molecule is COc1cc(OC2CCCCO2)cc(OC2CCCCO2)c1C(=O)/C=C/c1ccccc1. The molecule has 0 bridgehead atoms. The van der Waals surface area contributed by atoms with Gasteiger partial charge in [-0.05, 0) is 37.3 Å². The van der Waals surface area contributed by atoms with Crippen LogP contribution in [0, 0.1) is 0 Å². The van der Waals surface area contributed by atoms with Crippen LogP contribution in [0.15, 0.2) is 48.5 Å². The van der Waals surface area contributed by atoms with Crippen LogP contribution < -0.4 is 14.2 Å². The summed E-state index contributed by atoms with van der Waals surface area (Å²) in [7, 11) is 1.54. The van der Waals surface area contributed by atoms with Gasteiger partial charge in [0.2, 0.25) is 0 Å². The predicted octanol–water partition coefficient (Wildman–Crippen LogP) is 5.40. The van der Waals surface area contributed by atoms with Gasteiger partial charge in [0.05, 0.1) is 20.3 Å². The van der Waals surface area contributed by atoms with Crippen molar-refractivity contribution in [2.75, 3.05) is 20.3 Å². The fourth-order valence-electron chi connectivity index (χ4n) is 3.85. The summed E-state index contributed by atoms with van der Waals surface area (Å²) < 4.78 is 29.2. The number of carbonyl (C=O) groups is 1. The van der Waals surface area contributed by atoms with Gasteiger partial charge in [0.1, 0.15) is 22.8 Å². The Balaban J connectivity index is 1.63. The van der Waals surface area contributed by atoms with Crippen LogP contribution >= 0.6 is 0 Å².